The van der Waals surface area contributed by atoms with Gasteiger partial charge in [0.15, 0.2) is 0 Å². The number of hydrogen-bond donors (Lipinski definition) is 1. The van der Waals surface area contributed by atoms with Crippen LogP contribution in [0.4, 0.5) is 5.69 Å². The molecular weight excluding hydrogens is 412 g/mol. The highest BCUT2D eigenvalue weighted by Gasteiger charge is 2.12. The predicted molar refractivity (Wildman–Crippen MR) is 123 cm³/mol. The van der Waals surface area contributed by atoms with Crippen LogP contribution in [-0.2, 0) is 17.9 Å². The van der Waals surface area contributed by atoms with Crippen molar-refractivity contribution in [1.82, 2.24) is 15.1 Å². The lowest BCUT2D eigenvalue weighted by Crippen LogP contribution is -2.33. The maximum absolute atomic E-state index is 12.4. The van der Waals surface area contributed by atoms with E-state index >= 15 is 0 Å². The zero-order valence-electron chi connectivity index (χ0n) is 17.3. The van der Waals surface area contributed by atoms with Gasteiger partial charge in [-0.2, -0.15) is 5.10 Å². The van der Waals surface area contributed by atoms with Gasteiger partial charge in [0.2, 0.25) is 5.91 Å². The Morgan fingerprint density at radius 1 is 0.968 bits per heavy atom. The molecule has 1 aromatic heterocycles. The summed E-state index contributed by atoms with van der Waals surface area (Å²) < 4.78 is 1.19. The minimum absolute atomic E-state index is 0.150. The van der Waals surface area contributed by atoms with Crippen molar-refractivity contribution in [1.29, 1.82) is 0 Å². The zero-order valence-corrected chi connectivity index (χ0v) is 18.0. The summed E-state index contributed by atoms with van der Waals surface area (Å²) in [6.45, 7) is 2.32. The number of benzene rings is 2. The smallest absolute Gasteiger partial charge is 0.267 e. The first kappa shape index (κ1) is 21.1. The molecule has 1 saturated heterocycles. The molecule has 0 spiro atoms. The fraction of sp³-hybridized carbons (Fsp3) is 0.292. The van der Waals surface area contributed by atoms with Crippen molar-refractivity contribution in [3.63, 3.8) is 0 Å². The van der Waals surface area contributed by atoms with Crippen LogP contribution in [0.15, 0.2) is 65.5 Å². The van der Waals surface area contributed by atoms with Gasteiger partial charge in [-0.15, -0.1) is 0 Å². The molecule has 31 heavy (non-hydrogen) atoms. The summed E-state index contributed by atoms with van der Waals surface area (Å²) in [6, 6.07) is 18.7. The number of carbonyl (C=O) groups excluding carboxylic acids is 1. The minimum atomic E-state index is -0.318. The highest BCUT2D eigenvalue weighted by molar-refractivity contribution is 6.31. The Hall–Kier alpha value is -3.12. The minimum Gasteiger partial charge on any atom is -0.372 e. The van der Waals surface area contributed by atoms with Crippen LogP contribution in [0.3, 0.4) is 0 Å². The molecule has 2 aromatic carbocycles. The summed E-state index contributed by atoms with van der Waals surface area (Å²) in [5, 5.41) is 7.78. The Morgan fingerprint density at radius 2 is 1.71 bits per heavy atom. The lowest BCUT2D eigenvalue weighted by Gasteiger charge is -2.28. The van der Waals surface area contributed by atoms with Gasteiger partial charge in [0.25, 0.3) is 5.56 Å². The van der Waals surface area contributed by atoms with E-state index in [4.69, 9.17) is 11.6 Å². The van der Waals surface area contributed by atoms with E-state index in [1.165, 1.54) is 35.7 Å². The average molecular weight is 437 g/mol. The average Bonchev–Trinajstić information content (AvgIpc) is 2.81. The molecule has 0 atom stereocenters. The lowest BCUT2D eigenvalue weighted by atomic mass is 10.1. The molecule has 0 saturated carbocycles. The predicted octanol–water partition coefficient (Wildman–Crippen LogP) is 3.87. The van der Waals surface area contributed by atoms with Crippen molar-refractivity contribution in [2.45, 2.75) is 32.4 Å². The molecule has 1 aliphatic rings. The Morgan fingerprint density at radius 3 is 2.45 bits per heavy atom. The molecule has 6 nitrogen and oxygen atoms in total. The van der Waals surface area contributed by atoms with Crippen LogP contribution in [0.1, 0.15) is 24.8 Å². The Kier molecular flexibility index (Phi) is 6.67. The number of anilines is 1. The summed E-state index contributed by atoms with van der Waals surface area (Å²) in [5.74, 6) is -0.299. The number of amides is 1. The number of nitrogens with one attached hydrogen (secondary N) is 1. The van der Waals surface area contributed by atoms with Crippen molar-refractivity contribution >= 4 is 23.2 Å². The molecule has 1 fully saturated rings. The Labute approximate surface area is 186 Å². The zero-order chi connectivity index (χ0) is 21.6. The first-order chi connectivity index (χ1) is 15.1. The lowest BCUT2D eigenvalue weighted by molar-refractivity contribution is -0.122. The molecule has 1 amide bonds. The number of aromatic nitrogens is 2. The van der Waals surface area contributed by atoms with Crippen molar-refractivity contribution < 1.29 is 4.79 Å². The molecule has 2 heterocycles. The van der Waals surface area contributed by atoms with Gasteiger partial charge in [-0.1, -0.05) is 41.9 Å². The third kappa shape index (κ3) is 5.33. The SMILES string of the molecule is O=C(Cn1nc(-c2ccc(N3CCCCC3)cc2)ccc1=O)NCc1ccccc1Cl. The summed E-state index contributed by atoms with van der Waals surface area (Å²) in [4.78, 5) is 27.0. The van der Waals surface area contributed by atoms with Gasteiger partial charge in [-0.3, -0.25) is 9.59 Å². The van der Waals surface area contributed by atoms with Crippen molar-refractivity contribution in [2.24, 2.45) is 0 Å². The maximum atomic E-state index is 12.4. The molecule has 0 unspecified atom stereocenters. The van der Waals surface area contributed by atoms with Gasteiger partial charge in [-0.25, -0.2) is 4.68 Å². The molecule has 160 valence electrons. The van der Waals surface area contributed by atoms with Gasteiger partial charge in [0.1, 0.15) is 6.54 Å². The third-order valence-corrected chi connectivity index (χ3v) is 5.85. The summed E-state index contributed by atoms with van der Waals surface area (Å²) in [5.41, 5.74) is 3.27. The number of hydrogen-bond acceptors (Lipinski definition) is 4. The van der Waals surface area contributed by atoms with Crippen molar-refractivity contribution in [2.75, 3.05) is 18.0 Å². The van der Waals surface area contributed by atoms with Gasteiger partial charge in [0.05, 0.1) is 5.69 Å². The largest absolute Gasteiger partial charge is 0.372 e. The van der Waals surface area contributed by atoms with Crippen LogP contribution in [0.2, 0.25) is 5.02 Å². The van der Waals surface area contributed by atoms with Crippen molar-refractivity contribution in [3.8, 4) is 11.3 Å². The van der Waals surface area contributed by atoms with Crippen LogP contribution in [0.5, 0.6) is 0 Å². The second kappa shape index (κ2) is 9.79. The third-order valence-electron chi connectivity index (χ3n) is 5.48. The topological polar surface area (TPSA) is 67.2 Å². The molecule has 0 aliphatic carbocycles. The Balaban J connectivity index is 1.43. The van der Waals surface area contributed by atoms with E-state index in [1.54, 1.807) is 12.1 Å². The van der Waals surface area contributed by atoms with Crippen LogP contribution in [0.25, 0.3) is 11.3 Å². The van der Waals surface area contributed by atoms with E-state index in [0.29, 0.717) is 17.3 Å². The number of carbonyl (C=O) groups is 1. The first-order valence-corrected chi connectivity index (χ1v) is 10.9. The molecule has 0 bridgehead atoms. The van der Waals surface area contributed by atoms with Crippen LogP contribution < -0.4 is 15.8 Å². The highest BCUT2D eigenvalue weighted by atomic mass is 35.5. The van der Waals surface area contributed by atoms with Gasteiger partial charge >= 0.3 is 0 Å². The molecular formula is C24H25ClN4O2. The molecule has 3 aromatic rings. The van der Waals surface area contributed by atoms with E-state index in [2.05, 4.69) is 27.4 Å². The summed E-state index contributed by atoms with van der Waals surface area (Å²) >= 11 is 6.12. The first-order valence-electron chi connectivity index (χ1n) is 10.5. The molecule has 0 radical (unpaired) electrons. The summed E-state index contributed by atoms with van der Waals surface area (Å²) in [6.07, 6.45) is 3.76. The fourth-order valence-corrected chi connectivity index (χ4v) is 3.94. The molecule has 4 rings (SSSR count). The van der Waals surface area contributed by atoms with E-state index in [-0.39, 0.29) is 18.0 Å². The second-order valence-electron chi connectivity index (χ2n) is 7.68. The van der Waals surface area contributed by atoms with Gasteiger partial charge < -0.3 is 10.2 Å². The number of rotatable bonds is 6. The molecule has 1 aliphatic heterocycles. The standard InChI is InChI=1S/C24H25ClN4O2/c25-21-7-3-2-6-19(21)16-26-23(30)17-29-24(31)13-12-22(27-29)18-8-10-20(11-9-18)28-14-4-1-5-15-28/h2-3,6-13H,1,4-5,14-17H2,(H,26,30). The quantitative estimate of drug-likeness (QED) is 0.637. The van der Waals surface area contributed by atoms with Crippen molar-refractivity contribution in [3.05, 3.63) is 81.6 Å². The number of halogens is 1. The van der Waals surface area contributed by atoms with Crippen LogP contribution in [0, 0.1) is 0 Å². The van der Waals surface area contributed by atoms with Gasteiger partial charge in [0, 0.05) is 42.0 Å². The fourth-order valence-electron chi connectivity index (χ4n) is 3.74. The molecule has 1 N–H and O–H groups in total. The number of piperidine rings is 1. The highest BCUT2D eigenvalue weighted by Crippen LogP contribution is 2.23. The van der Waals surface area contributed by atoms with E-state index < -0.39 is 0 Å². The van der Waals surface area contributed by atoms with E-state index in [0.717, 1.165) is 24.2 Å². The van der Waals surface area contributed by atoms with E-state index in [9.17, 15) is 9.59 Å². The van der Waals surface area contributed by atoms with Crippen LogP contribution in [-0.4, -0.2) is 28.8 Å². The number of nitrogens with zero attached hydrogens (tertiary/aromatic N) is 3. The maximum Gasteiger partial charge on any atom is 0.267 e. The second-order valence-corrected chi connectivity index (χ2v) is 8.08. The summed E-state index contributed by atoms with van der Waals surface area (Å²) in [7, 11) is 0. The normalized spacial score (nSPS) is 13.8. The molecule has 7 heteroatoms. The van der Waals surface area contributed by atoms with Crippen LogP contribution >= 0.6 is 11.6 Å². The van der Waals surface area contributed by atoms with Gasteiger partial charge in [-0.05, 0) is 49.1 Å². The van der Waals surface area contributed by atoms with E-state index in [1.807, 2.05) is 30.3 Å². The monoisotopic (exact) mass is 436 g/mol. The Bertz CT molecular complexity index is 1110.